The van der Waals surface area contributed by atoms with E-state index in [1.807, 2.05) is 35.1 Å². The van der Waals surface area contributed by atoms with Gasteiger partial charge in [0, 0.05) is 25.5 Å². The van der Waals surface area contributed by atoms with Crippen LogP contribution >= 0.6 is 0 Å². The van der Waals surface area contributed by atoms with E-state index in [-0.39, 0.29) is 6.03 Å². The normalized spacial score (nSPS) is 16.4. The molecule has 1 aliphatic carbocycles. The Balaban J connectivity index is 1.45. The van der Waals surface area contributed by atoms with Gasteiger partial charge < -0.3 is 15.7 Å². The molecule has 6 nitrogen and oxygen atoms in total. The summed E-state index contributed by atoms with van der Waals surface area (Å²) in [5.74, 6) is 0. The molecule has 0 unspecified atom stereocenters. The highest BCUT2D eigenvalue weighted by Crippen LogP contribution is 2.27. The van der Waals surface area contributed by atoms with Crippen LogP contribution in [0, 0.1) is 0 Å². The predicted octanol–water partition coefficient (Wildman–Crippen LogP) is 2.43. The molecule has 0 aliphatic heterocycles. The monoisotopic (exact) mass is 342 g/mol. The Labute approximate surface area is 148 Å². The minimum atomic E-state index is -0.737. The number of carbonyl (C=O) groups is 1. The van der Waals surface area contributed by atoms with Gasteiger partial charge >= 0.3 is 6.03 Å². The SMILES string of the molecule is O=C(NCc1cccc(Cn2cccn2)c1)NCC1(O)CCCCC1. The number of carbonyl (C=O) groups excluding carboxylic acids is 1. The summed E-state index contributed by atoms with van der Waals surface area (Å²) in [6.45, 7) is 1.48. The quantitative estimate of drug-likeness (QED) is 0.754. The Morgan fingerprint density at radius 1 is 1.16 bits per heavy atom. The molecule has 0 atom stereocenters. The van der Waals surface area contributed by atoms with Crippen LogP contribution in [0.25, 0.3) is 0 Å². The topological polar surface area (TPSA) is 79.2 Å². The van der Waals surface area contributed by atoms with Gasteiger partial charge in [0.2, 0.25) is 0 Å². The lowest BCUT2D eigenvalue weighted by Gasteiger charge is -2.32. The van der Waals surface area contributed by atoms with Crippen LogP contribution in [0.2, 0.25) is 0 Å². The van der Waals surface area contributed by atoms with E-state index in [4.69, 9.17) is 0 Å². The molecule has 25 heavy (non-hydrogen) atoms. The molecule has 1 saturated carbocycles. The lowest BCUT2D eigenvalue weighted by molar-refractivity contribution is 0.00719. The van der Waals surface area contributed by atoms with Crippen molar-refractivity contribution in [3.8, 4) is 0 Å². The average Bonchev–Trinajstić information content (AvgIpc) is 3.12. The number of aromatic nitrogens is 2. The zero-order chi connectivity index (χ0) is 17.5. The van der Waals surface area contributed by atoms with Gasteiger partial charge in [-0.25, -0.2) is 4.79 Å². The summed E-state index contributed by atoms with van der Waals surface area (Å²) in [5.41, 5.74) is 1.44. The first-order valence-electron chi connectivity index (χ1n) is 8.92. The molecule has 1 aromatic heterocycles. The van der Waals surface area contributed by atoms with Crippen LogP contribution in [0.5, 0.6) is 0 Å². The molecule has 1 fully saturated rings. The number of aliphatic hydroxyl groups is 1. The second-order valence-electron chi connectivity index (χ2n) is 6.84. The molecule has 2 amide bonds. The van der Waals surface area contributed by atoms with Gasteiger partial charge in [-0.05, 0) is 30.0 Å². The van der Waals surface area contributed by atoms with E-state index in [2.05, 4.69) is 21.8 Å². The summed E-state index contributed by atoms with van der Waals surface area (Å²) >= 11 is 0. The van der Waals surface area contributed by atoms with E-state index in [1.54, 1.807) is 6.20 Å². The second-order valence-corrected chi connectivity index (χ2v) is 6.84. The van der Waals surface area contributed by atoms with Gasteiger partial charge in [0.05, 0.1) is 12.1 Å². The highest BCUT2D eigenvalue weighted by Gasteiger charge is 2.29. The number of benzene rings is 1. The Bertz CT molecular complexity index is 678. The van der Waals surface area contributed by atoms with Gasteiger partial charge in [0.15, 0.2) is 0 Å². The largest absolute Gasteiger partial charge is 0.388 e. The number of rotatable bonds is 6. The molecule has 0 bridgehead atoms. The van der Waals surface area contributed by atoms with Crippen molar-refractivity contribution in [3.63, 3.8) is 0 Å². The molecule has 1 aliphatic rings. The summed E-state index contributed by atoms with van der Waals surface area (Å²) in [6.07, 6.45) is 8.45. The summed E-state index contributed by atoms with van der Waals surface area (Å²) < 4.78 is 1.87. The standard InChI is InChI=1S/C19H26N4O2/c24-18(21-15-19(25)8-2-1-3-9-19)20-13-16-6-4-7-17(12-16)14-23-11-5-10-22-23/h4-7,10-12,25H,1-3,8-9,13-15H2,(H2,20,21,24). The Morgan fingerprint density at radius 2 is 1.96 bits per heavy atom. The van der Waals surface area contributed by atoms with Gasteiger partial charge in [-0.1, -0.05) is 43.5 Å². The first kappa shape index (κ1) is 17.5. The summed E-state index contributed by atoms with van der Waals surface area (Å²) in [6, 6.07) is 9.74. The highest BCUT2D eigenvalue weighted by atomic mass is 16.3. The Morgan fingerprint density at radius 3 is 2.72 bits per heavy atom. The molecular formula is C19H26N4O2. The molecule has 2 aromatic rings. The minimum Gasteiger partial charge on any atom is -0.388 e. The smallest absolute Gasteiger partial charge is 0.315 e. The van der Waals surface area contributed by atoms with Crippen molar-refractivity contribution in [2.45, 2.75) is 50.8 Å². The van der Waals surface area contributed by atoms with Crippen molar-refractivity contribution in [1.82, 2.24) is 20.4 Å². The third-order valence-corrected chi connectivity index (χ3v) is 4.71. The fourth-order valence-electron chi connectivity index (χ4n) is 3.30. The molecular weight excluding hydrogens is 316 g/mol. The van der Waals surface area contributed by atoms with Crippen LogP contribution < -0.4 is 10.6 Å². The average molecular weight is 342 g/mol. The van der Waals surface area contributed by atoms with Crippen LogP contribution in [0.3, 0.4) is 0 Å². The van der Waals surface area contributed by atoms with Crippen LogP contribution in [0.4, 0.5) is 4.79 Å². The fraction of sp³-hybridized carbons (Fsp3) is 0.474. The van der Waals surface area contributed by atoms with Crippen molar-refractivity contribution in [2.75, 3.05) is 6.54 Å². The third-order valence-electron chi connectivity index (χ3n) is 4.71. The third kappa shape index (κ3) is 5.32. The first-order valence-corrected chi connectivity index (χ1v) is 8.92. The van der Waals surface area contributed by atoms with Gasteiger partial charge in [-0.3, -0.25) is 4.68 Å². The molecule has 134 valence electrons. The molecule has 1 heterocycles. The lowest BCUT2D eigenvalue weighted by Crippen LogP contribution is -2.47. The zero-order valence-electron chi connectivity index (χ0n) is 14.4. The first-order chi connectivity index (χ1) is 12.1. The maximum atomic E-state index is 12.0. The molecule has 0 spiro atoms. The number of urea groups is 1. The number of amides is 2. The second kappa shape index (κ2) is 8.16. The van der Waals surface area contributed by atoms with Gasteiger partial charge in [-0.15, -0.1) is 0 Å². The fourth-order valence-corrected chi connectivity index (χ4v) is 3.30. The number of hydrogen-bond acceptors (Lipinski definition) is 3. The van der Waals surface area contributed by atoms with Crippen molar-refractivity contribution < 1.29 is 9.90 Å². The van der Waals surface area contributed by atoms with Crippen LogP contribution in [0.15, 0.2) is 42.7 Å². The number of hydrogen-bond donors (Lipinski definition) is 3. The van der Waals surface area contributed by atoms with Crippen molar-refractivity contribution in [1.29, 1.82) is 0 Å². The van der Waals surface area contributed by atoms with E-state index in [1.165, 1.54) is 6.42 Å². The summed E-state index contributed by atoms with van der Waals surface area (Å²) in [7, 11) is 0. The van der Waals surface area contributed by atoms with Crippen molar-refractivity contribution >= 4 is 6.03 Å². The molecule has 0 radical (unpaired) electrons. The molecule has 3 rings (SSSR count). The maximum Gasteiger partial charge on any atom is 0.315 e. The van der Waals surface area contributed by atoms with Gasteiger partial charge in [0.1, 0.15) is 0 Å². The highest BCUT2D eigenvalue weighted by molar-refractivity contribution is 5.73. The minimum absolute atomic E-state index is 0.239. The van der Waals surface area contributed by atoms with Gasteiger partial charge in [-0.2, -0.15) is 5.10 Å². The van der Waals surface area contributed by atoms with Crippen molar-refractivity contribution in [3.05, 3.63) is 53.9 Å². The summed E-state index contributed by atoms with van der Waals surface area (Å²) in [4.78, 5) is 12.0. The molecule has 6 heteroatoms. The molecule has 3 N–H and O–H groups in total. The number of nitrogens with one attached hydrogen (secondary N) is 2. The Kier molecular flexibility index (Phi) is 5.71. The van der Waals surface area contributed by atoms with Gasteiger partial charge in [0.25, 0.3) is 0 Å². The Hall–Kier alpha value is -2.34. The predicted molar refractivity (Wildman–Crippen MR) is 96.0 cm³/mol. The lowest BCUT2D eigenvalue weighted by atomic mass is 9.85. The zero-order valence-corrected chi connectivity index (χ0v) is 14.4. The van der Waals surface area contributed by atoms with Crippen LogP contribution in [-0.4, -0.2) is 33.1 Å². The number of nitrogens with zero attached hydrogens (tertiary/aromatic N) is 2. The van der Waals surface area contributed by atoms with E-state index >= 15 is 0 Å². The van der Waals surface area contributed by atoms with E-state index in [0.717, 1.165) is 36.8 Å². The van der Waals surface area contributed by atoms with E-state index in [0.29, 0.717) is 19.6 Å². The van der Waals surface area contributed by atoms with Crippen molar-refractivity contribution in [2.24, 2.45) is 0 Å². The molecule has 0 saturated heterocycles. The summed E-state index contributed by atoms with van der Waals surface area (Å²) in [5, 5.41) is 20.3. The maximum absolute atomic E-state index is 12.0. The van der Waals surface area contributed by atoms with E-state index in [9.17, 15) is 9.90 Å². The van der Waals surface area contributed by atoms with Crippen LogP contribution in [-0.2, 0) is 13.1 Å². The van der Waals surface area contributed by atoms with E-state index < -0.39 is 5.60 Å². The van der Waals surface area contributed by atoms with Crippen LogP contribution in [0.1, 0.15) is 43.2 Å². The molecule has 1 aromatic carbocycles.